The molecule has 0 aliphatic carbocycles. The molecule has 1 aliphatic heterocycles. The minimum atomic E-state index is -1.08. The van der Waals surface area contributed by atoms with Crippen molar-refractivity contribution in [1.29, 1.82) is 0 Å². The van der Waals surface area contributed by atoms with Gasteiger partial charge in [0, 0.05) is 24.7 Å². The molecular formula is C27H27F2N7O5. The molecule has 0 saturated carbocycles. The lowest BCUT2D eigenvalue weighted by Gasteiger charge is -2.34. The number of carbonyl (C=O) groups is 1. The van der Waals surface area contributed by atoms with Gasteiger partial charge in [0.1, 0.15) is 35.0 Å². The third-order valence-corrected chi connectivity index (χ3v) is 6.47. The Morgan fingerprint density at radius 2 is 1.95 bits per heavy atom. The lowest BCUT2D eigenvalue weighted by atomic mass is 10.1. The summed E-state index contributed by atoms with van der Waals surface area (Å²) in [5.74, 6) is -2.22. The molecule has 0 radical (unpaired) electrons. The highest BCUT2D eigenvalue weighted by atomic mass is 19.1. The number of halogens is 2. The maximum Gasteiger partial charge on any atom is 0.410 e. The second kappa shape index (κ2) is 10.6. The summed E-state index contributed by atoms with van der Waals surface area (Å²) >= 11 is 0. The summed E-state index contributed by atoms with van der Waals surface area (Å²) in [6, 6.07) is 6.87. The van der Waals surface area contributed by atoms with Crippen LogP contribution in [-0.2, 0) is 4.74 Å². The van der Waals surface area contributed by atoms with Gasteiger partial charge in [-0.1, -0.05) is 6.07 Å². The maximum atomic E-state index is 15.5. The van der Waals surface area contributed by atoms with Crippen molar-refractivity contribution < 1.29 is 28.0 Å². The Bertz CT molecular complexity index is 1650. The lowest BCUT2D eigenvalue weighted by molar-refractivity contribution is -0.388. The quantitative estimate of drug-likeness (QED) is 0.239. The number of fused-ring (bicyclic) bond motifs is 1. The molecule has 2 N–H and O–H groups in total. The highest BCUT2D eigenvalue weighted by Crippen LogP contribution is 2.38. The maximum absolute atomic E-state index is 15.5. The molecule has 0 bridgehead atoms. The van der Waals surface area contributed by atoms with Crippen LogP contribution in [0, 0.1) is 21.7 Å². The van der Waals surface area contributed by atoms with E-state index >= 15 is 4.39 Å². The third kappa shape index (κ3) is 5.58. The zero-order chi connectivity index (χ0) is 29.5. The molecule has 1 amide bonds. The van der Waals surface area contributed by atoms with E-state index in [1.807, 2.05) is 0 Å². The summed E-state index contributed by atoms with van der Waals surface area (Å²) in [6.07, 6.45) is 2.22. The molecule has 12 nitrogen and oxygen atoms in total. The lowest BCUT2D eigenvalue weighted by Crippen LogP contribution is -2.43. The van der Waals surface area contributed by atoms with E-state index in [0.29, 0.717) is 37.0 Å². The number of nitro benzene ring substituents is 1. The van der Waals surface area contributed by atoms with Gasteiger partial charge < -0.3 is 20.1 Å². The van der Waals surface area contributed by atoms with Crippen molar-refractivity contribution in [2.75, 3.05) is 18.8 Å². The molecule has 2 aromatic carbocycles. The number of anilines is 1. The van der Waals surface area contributed by atoms with E-state index in [2.05, 4.69) is 15.1 Å². The molecule has 0 spiro atoms. The molecule has 1 aliphatic rings. The first kappa shape index (κ1) is 27.7. The number of rotatable bonds is 5. The van der Waals surface area contributed by atoms with Crippen molar-refractivity contribution in [3.8, 4) is 22.8 Å². The van der Waals surface area contributed by atoms with Gasteiger partial charge in [0.05, 0.1) is 16.4 Å². The molecule has 4 aromatic rings. The Hall–Kier alpha value is -4.88. The van der Waals surface area contributed by atoms with E-state index < -0.39 is 33.9 Å². The smallest absolute Gasteiger partial charge is 0.410 e. The largest absolute Gasteiger partial charge is 0.450 e. The summed E-state index contributed by atoms with van der Waals surface area (Å²) in [6.45, 7) is 6.21. The Morgan fingerprint density at radius 3 is 2.66 bits per heavy atom. The Kier molecular flexibility index (Phi) is 7.15. The third-order valence-electron chi connectivity index (χ3n) is 6.47. The van der Waals surface area contributed by atoms with Crippen molar-refractivity contribution >= 4 is 28.6 Å². The van der Waals surface area contributed by atoms with Crippen LogP contribution in [0.3, 0.4) is 0 Å². The predicted molar refractivity (Wildman–Crippen MR) is 144 cm³/mol. The number of benzene rings is 2. The number of piperidine rings is 1. The number of nitrogens with zero attached hydrogens (tertiary/aromatic N) is 6. The molecule has 1 saturated heterocycles. The van der Waals surface area contributed by atoms with Crippen LogP contribution in [-0.4, -0.2) is 54.4 Å². The molecule has 3 heterocycles. The van der Waals surface area contributed by atoms with Crippen molar-refractivity contribution in [2.24, 2.45) is 0 Å². The van der Waals surface area contributed by atoms with Gasteiger partial charge in [0.15, 0.2) is 5.65 Å². The van der Waals surface area contributed by atoms with Crippen LogP contribution in [0.15, 0.2) is 42.7 Å². The highest BCUT2D eigenvalue weighted by Gasteiger charge is 2.31. The molecule has 2 aromatic heterocycles. The first-order chi connectivity index (χ1) is 19.4. The van der Waals surface area contributed by atoms with Gasteiger partial charge in [0.2, 0.25) is 11.6 Å². The van der Waals surface area contributed by atoms with Gasteiger partial charge in [-0.3, -0.25) is 10.1 Å². The number of hydrogen-bond acceptors (Lipinski definition) is 9. The first-order valence-corrected chi connectivity index (χ1v) is 12.8. The topological polar surface area (TPSA) is 152 Å². The summed E-state index contributed by atoms with van der Waals surface area (Å²) in [5.41, 5.74) is 5.28. The van der Waals surface area contributed by atoms with Crippen LogP contribution >= 0.6 is 0 Å². The number of aromatic nitrogens is 4. The number of nitrogen functional groups attached to an aromatic ring is 1. The molecular weight excluding hydrogens is 540 g/mol. The van der Waals surface area contributed by atoms with Gasteiger partial charge in [-0.2, -0.15) is 9.49 Å². The number of likely N-dealkylation sites (tertiary alicyclic amines) is 1. The zero-order valence-corrected chi connectivity index (χ0v) is 22.5. The van der Waals surface area contributed by atoms with Gasteiger partial charge in [-0.05, 0) is 57.9 Å². The van der Waals surface area contributed by atoms with Crippen LogP contribution in [0.1, 0.15) is 39.7 Å². The summed E-state index contributed by atoms with van der Waals surface area (Å²) in [5, 5.41) is 16.3. The fraction of sp³-hybridized carbons (Fsp3) is 0.333. The van der Waals surface area contributed by atoms with Crippen LogP contribution < -0.4 is 10.5 Å². The van der Waals surface area contributed by atoms with Crippen LogP contribution in [0.5, 0.6) is 11.5 Å². The summed E-state index contributed by atoms with van der Waals surface area (Å²) in [7, 11) is 0. The normalized spacial score (nSPS) is 15.6. The van der Waals surface area contributed by atoms with Crippen molar-refractivity contribution in [3.63, 3.8) is 0 Å². The number of ether oxygens (including phenoxy) is 2. The van der Waals surface area contributed by atoms with E-state index in [1.54, 1.807) is 30.4 Å². The molecule has 5 rings (SSSR count). The van der Waals surface area contributed by atoms with Gasteiger partial charge in [-0.25, -0.2) is 23.8 Å². The first-order valence-electron chi connectivity index (χ1n) is 12.8. The zero-order valence-electron chi connectivity index (χ0n) is 22.5. The molecule has 1 fully saturated rings. The highest BCUT2D eigenvalue weighted by molar-refractivity contribution is 5.98. The number of para-hydroxylation sites is 1. The van der Waals surface area contributed by atoms with E-state index in [0.717, 1.165) is 12.1 Å². The van der Waals surface area contributed by atoms with Crippen molar-refractivity contribution in [1.82, 2.24) is 24.6 Å². The standard InChI is InChI=1S/C27H27F2N7O5/c1-27(2,3)41-26(37)34-11-5-6-15(13-34)35-25-21(24(30)31-14-32-25)22(33-35)17-10-9-16(12-19(17)29)40-20-8-4-7-18(28)23(20)36(38)39/h4,7-10,12,14-15H,5-6,11,13H2,1-3H3,(H2,30,31,32). The number of nitro groups is 1. The Labute approximate surface area is 232 Å². The number of amides is 1. The number of nitrogens with two attached hydrogens (primary N) is 1. The van der Waals surface area contributed by atoms with Gasteiger partial charge in [-0.15, -0.1) is 0 Å². The Morgan fingerprint density at radius 1 is 1.17 bits per heavy atom. The minimum Gasteiger partial charge on any atom is -0.450 e. The Balaban J connectivity index is 1.49. The average molecular weight is 568 g/mol. The molecule has 214 valence electrons. The molecule has 1 atom stereocenters. The number of carbonyl (C=O) groups excluding carboxylic acids is 1. The van der Waals surface area contributed by atoms with E-state index in [1.165, 1.54) is 30.6 Å². The van der Waals surface area contributed by atoms with E-state index in [4.69, 9.17) is 15.2 Å². The van der Waals surface area contributed by atoms with Crippen molar-refractivity contribution in [2.45, 2.75) is 45.3 Å². The second-order valence-corrected chi connectivity index (χ2v) is 10.6. The van der Waals surface area contributed by atoms with E-state index in [9.17, 15) is 19.3 Å². The van der Waals surface area contributed by atoms with Gasteiger partial charge >= 0.3 is 11.8 Å². The SMILES string of the molecule is CC(C)(C)OC(=O)N1CCCC(n2nc(-c3ccc(Oc4cccc(F)c4[N+](=O)[O-])cc3F)c3c(N)ncnc32)C1. The molecule has 1 unspecified atom stereocenters. The second-order valence-electron chi connectivity index (χ2n) is 10.6. The van der Waals surface area contributed by atoms with Gasteiger partial charge in [0.25, 0.3) is 0 Å². The number of hydrogen-bond donors (Lipinski definition) is 1. The summed E-state index contributed by atoms with van der Waals surface area (Å²) in [4.78, 5) is 33.1. The molecule has 14 heteroatoms. The summed E-state index contributed by atoms with van der Waals surface area (Å²) < 4.78 is 42.1. The molecule has 41 heavy (non-hydrogen) atoms. The predicted octanol–water partition coefficient (Wildman–Crippen LogP) is 5.63. The average Bonchev–Trinajstić information content (AvgIpc) is 3.28. The fourth-order valence-electron chi connectivity index (χ4n) is 4.72. The minimum absolute atomic E-state index is 0.0520. The fourth-order valence-corrected chi connectivity index (χ4v) is 4.72. The van der Waals surface area contributed by atoms with Crippen LogP contribution in [0.2, 0.25) is 0 Å². The monoisotopic (exact) mass is 567 g/mol. The van der Waals surface area contributed by atoms with Crippen LogP contribution in [0.4, 0.5) is 25.1 Å². The van der Waals surface area contributed by atoms with Crippen LogP contribution in [0.25, 0.3) is 22.3 Å². The van der Waals surface area contributed by atoms with E-state index in [-0.39, 0.29) is 34.6 Å². The van der Waals surface area contributed by atoms with Crippen molar-refractivity contribution in [3.05, 3.63) is 64.5 Å².